The molecule has 5 heteroatoms. The van der Waals surface area contributed by atoms with Crippen LogP contribution in [0.2, 0.25) is 0 Å². The molecular formula is C12H16F2N2O. The molecule has 0 radical (unpaired) electrons. The Morgan fingerprint density at radius 1 is 1.47 bits per heavy atom. The first-order valence-corrected chi connectivity index (χ1v) is 5.66. The Balaban J connectivity index is 2.31. The van der Waals surface area contributed by atoms with E-state index in [0.29, 0.717) is 6.61 Å². The Morgan fingerprint density at radius 3 is 2.82 bits per heavy atom. The number of benzene rings is 1. The average Bonchev–Trinajstić information content (AvgIpc) is 2.72. The number of hydrazine groups is 1. The van der Waals surface area contributed by atoms with Gasteiger partial charge < -0.3 is 4.74 Å². The van der Waals surface area contributed by atoms with Gasteiger partial charge in [0.05, 0.1) is 12.1 Å². The number of nitrogens with two attached hydrogens (primary N) is 1. The quantitative estimate of drug-likeness (QED) is 0.628. The van der Waals surface area contributed by atoms with E-state index in [1.807, 2.05) is 6.92 Å². The van der Waals surface area contributed by atoms with Gasteiger partial charge in [-0.3, -0.25) is 11.3 Å². The molecule has 1 aromatic rings. The van der Waals surface area contributed by atoms with Gasteiger partial charge in [-0.25, -0.2) is 8.78 Å². The molecule has 0 bridgehead atoms. The zero-order valence-electron chi connectivity index (χ0n) is 9.62. The van der Waals surface area contributed by atoms with Crippen LogP contribution in [0.1, 0.15) is 24.9 Å². The first-order valence-electron chi connectivity index (χ1n) is 5.66. The van der Waals surface area contributed by atoms with Crippen molar-refractivity contribution in [3.8, 4) is 0 Å². The monoisotopic (exact) mass is 242 g/mol. The van der Waals surface area contributed by atoms with E-state index in [2.05, 4.69) is 5.43 Å². The summed E-state index contributed by atoms with van der Waals surface area (Å²) in [7, 11) is 0. The van der Waals surface area contributed by atoms with Gasteiger partial charge in [0, 0.05) is 12.2 Å². The molecule has 2 rings (SSSR count). The van der Waals surface area contributed by atoms with Crippen molar-refractivity contribution < 1.29 is 13.5 Å². The van der Waals surface area contributed by atoms with Gasteiger partial charge in [0.25, 0.3) is 0 Å². The van der Waals surface area contributed by atoms with E-state index >= 15 is 0 Å². The molecule has 3 atom stereocenters. The van der Waals surface area contributed by atoms with Gasteiger partial charge in [-0.2, -0.15) is 0 Å². The Kier molecular flexibility index (Phi) is 3.71. The van der Waals surface area contributed by atoms with Crippen LogP contribution in [0.3, 0.4) is 0 Å². The fraction of sp³-hybridized carbons (Fsp3) is 0.500. The average molecular weight is 242 g/mol. The first-order chi connectivity index (χ1) is 8.15. The van der Waals surface area contributed by atoms with Crippen LogP contribution in [0.25, 0.3) is 0 Å². The van der Waals surface area contributed by atoms with Crippen LogP contribution in [0.15, 0.2) is 18.2 Å². The summed E-state index contributed by atoms with van der Waals surface area (Å²) in [6.45, 7) is 2.64. The van der Waals surface area contributed by atoms with Crippen molar-refractivity contribution in [1.82, 2.24) is 5.43 Å². The lowest BCUT2D eigenvalue weighted by Gasteiger charge is -2.26. The molecular weight excluding hydrogens is 226 g/mol. The molecule has 94 valence electrons. The largest absolute Gasteiger partial charge is 0.376 e. The molecule has 0 aliphatic carbocycles. The predicted octanol–water partition coefficient (Wildman–Crippen LogP) is 1.89. The second kappa shape index (κ2) is 5.08. The van der Waals surface area contributed by atoms with Gasteiger partial charge in [-0.15, -0.1) is 0 Å². The smallest absolute Gasteiger partial charge is 0.163 e. The first kappa shape index (κ1) is 12.4. The van der Waals surface area contributed by atoms with Crippen LogP contribution < -0.4 is 11.3 Å². The van der Waals surface area contributed by atoms with Gasteiger partial charge in [0.2, 0.25) is 0 Å². The molecule has 3 unspecified atom stereocenters. The molecule has 0 saturated carbocycles. The normalized spacial score (nSPS) is 26.1. The van der Waals surface area contributed by atoms with Gasteiger partial charge in [0.15, 0.2) is 11.6 Å². The lowest BCUT2D eigenvalue weighted by molar-refractivity contribution is 0.0594. The number of hydrogen-bond donors (Lipinski definition) is 2. The molecule has 3 N–H and O–H groups in total. The molecule has 1 fully saturated rings. The molecule has 0 spiro atoms. The third-order valence-corrected chi connectivity index (χ3v) is 3.27. The van der Waals surface area contributed by atoms with Crippen molar-refractivity contribution in [3.63, 3.8) is 0 Å². The molecule has 1 heterocycles. The number of hydrogen-bond acceptors (Lipinski definition) is 3. The highest BCUT2D eigenvalue weighted by molar-refractivity contribution is 5.24. The van der Waals surface area contributed by atoms with Gasteiger partial charge >= 0.3 is 0 Å². The summed E-state index contributed by atoms with van der Waals surface area (Å²) < 4.78 is 32.4. The Labute approximate surface area is 98.9 Å². The molecule has 1 aliphatic rings. The van der Waals surface area contributed by atoms with Crippen molar-refractivity contribution in [2.24, 2.45) is 11.8 Å². The molecule has 1 saturated heterocycles. The summed E-state index contributed by atoms with van der Waals surface area (Å²) in [6, 6.07) is 3.56. The van der Waals surface area contributed by atoms with E-state index in [1.165, 1.54) is 12.1 Å². The van der Waals surface area contributed by atoms with Crippen LogP contribution in [-0.4, -0.2) is 12.7 Å². The van der Waals surface area contributed by atoms with Crippen LogP contribution in [0.5, 0.6) is 0 Å². The van der Waals surface area contributed by atoms with E-state index in [4.69, 9.17) is 10.6 Å². The Bertz CT molecular complexity index is 400. The fourth-order valence-corrected chi connectivity index (χ4v) is 2.27. The van der Waals surface area contributed by atoms with Crippen LogP contribution >= 0.6 is 0 Å². The minimum absolute atomic E-state index is 0.214. The van der Waals surface area contributed by atoms with Crippen molar-refractivity contribution in [2.75, 3.05) is 6.61 Å². The van der Waals surface area contributed by atoms with E-state index in [-0.39, 0.29) is 17.6 Å². The van der Waals surface area contributed by atoms with Crippen molar-refractivity contribution in [1.29, 1.82) is 0 Å². The van der Waals surface area contributed by atoms with Crippen molar-refractivity contribution >= 4 is 0 Å². The molecule has 0 aromatic heterocycles. The second-order valence-electron chi connectivity index (χ2n) is 4.39. The third kappa shape index (κ3) is 2.31. The fourth-order valence-electron chi connectivity index (χ4n) is 2.27. The topological polar surface area (TPSA) is 47.3 Å². The summed E-state index contributed by atoms with van der Waals surface area (Å²) >= 11 is 0. The van der Waals surface area contributed by atoms with Crippen LogP contribution in [0, 0.1) is 17.6 Å². The van der Waals surface area contributed by atoms with E-state index in [9.17, 15) is 8.78 Å². The van der Waals surface area contributed by atoms with Crippen molar-refractivity contribution in [3.05, 3.63) is 35.4 Å². The molecule has 17 heavy (non-hydrogen) atoms. The summed E-state index contributed by atoms with van der Waals surface area (Å²) in [5, 5.41) is 0. The van der Waals surface area contributed by atoms with E-state index < -0.39 is 17.7 Å². The summed E-state index contributed by atoms with van der Waals surface area (Å²) in [4.78, 5) is 0. The zero-order chi connectivity index (χ0) is 12.4. The molecule has 3 nitrogen and oxygen atoms in total. The third-order valence-electron chi connectivity index (χ3n) is 3.27. The summed E-state index contributed by atoms with van der Waals surface area (Å²) in [6.07, 6.45) is 0.677. The number of ether oxygens (including phenoxy) is 1. The Hall–Kier alpha value is -1.04. The minimum Gasteiger partial charge on any atom is -0.376 e. The summed E-state index contributed by atoms with van der Waals surface area (Å²) in [5.41, 5.74) is 2.74. The molecule has 1 aromatic carbocycles. The SMILES string of the molecule is CC1CCOC1C(NN)c1cccc(F)c1F. The highest BCUT2D eigenvalue weighted by Crippen LogP contribution is 2.32. The highest BCUT2D eigenvalue weighted by Gasteiger charge is 2.34. The highest BCUT2D eigenvalue weighted by atomic mass is 19.2. The Morgan fingerprint density at radius 2 is 2.24 bits per heavy atom. The maximum Gasteiger partial charge on any atom is 0.163 e. The van der Waals surface area contributed by atoms with E-state index in [0.717, 1.165) is 12.5 Å². The number of halogens is 2. The number of rotatable bonds is 3. The standard InChI is InChI=1S/C12H16F2N2O/c1-7-5-6-17-12(7)11(16-15)8-3-2-4-9(13)10(8)14/h2-4,7,11-12,16H,5-6,15H2,1H3. The second-order valence-corrected chi connectivity index (χ2v) is 4.39. The van der Waals surface area contributed by atoms with Gasteiger partial charge in [-0.1, -0.05) is 19.1 Å². The lowest BCUT2D eigenvalue weighted by atomic mass is 9.92. The van der Waals surface area contributed by atoms with Crippen LogP contribution in [0.4, 0.5) is 8.78 Å². The van der Waals surface area contributed by atoms with Gasteiger partial charge in [0.1, 0.15) is 0 Å². The lowest BCUT2D eigenvalue weighted by Crippen LogP contribution is -2.39. The molecule has 1 aliphatic heterocycles. The summed E-state index contributed by atoms with van der Waals surface area (Å²) in [5.74, 6) is 3.98. The maximum atomic E-state index is 13.7. The maximum absolute atomic E-state index is 13.7. The number of nitrogens with one attached hydrogen (secondary N) is 1. The van der Waals surface area contributed by atoms with E-state index in [1.54, 1.807) is 0 Å². The van der Waals surface area contributed by atoms with Crippen molar-refractivity contribution in [2.45, 2.75) is 25.5 Å². The van der Waals surface area contributed by atoms with Gasteiger partial charge in [-0.05, 0) is 18.4 Å². The minimum atomic E-state index is -0.867. The molecule has 0 amide bonds. The predicted molar refractivity (Wildman–Crippen MR) is 59.9 cm³/mol. The van der Waals surface area contributed by atoms with Crippen LogP contribution in [-0.2, 0) is 4.74 Å². The zero-order valence-corrected chi connectivity index (χ0v) is 9.62.